The van der Waals surface area contributed by atoms with Crippen LogP contribution in [0.2, 0.25) is 0 Å². The largest absolute Gasteiger partial charge is 0.317 e. The summed E-state index contributed by atoms with van der Waals surface area (Å²) in [5.74, 6) is 0. The first-order valence-electron chi connectivity index (χ1n) is 17.2. The zero-order valence-corrected chi connectivity index (χ0v) is 28.3. The van der Waals surface area contributed by atoms with E-state index in [1.54, 1.807) is 0 Å². The molecule has 238 valence electrons. The molecule has 2 nitrogen and oxygen atoms in total. The van der Waals surface area contributed by atoms with Gasteiger partial charge in [-0.25, -0.2) is 0 Å². The van der Waals surface area contributed by atoms with Crippen LogP contribution >= 0.6 is 0 Å². The van der Waals surface area contributed by atoms with Crippen LogP contribution in [0.15, 0.2) is 182 Å². The van der Waals surface area contributed by atoms with Gasteiger partial charge in [0.15, 0.2) is 0 Å². The summed E-state index contributed by atoms with van der Waals surface area (Å²) in [5, 5.41) is 0. The van der Waals surface area contributed by atoms with Crippen molar-refractivity contribution < 1.29 is 0 Å². The second kappa shape index (κ2) is 12.6. The number of anilines is 4. The Morgan fingerprint density at radius 3 is 0.959 bits per heavy atom. The Morgan fingerprint density at radius 1 is 0.306 bits per heavy atom. The zero-order valence-electron chi connectivity index (χ0n) is 28.3. The van der Waals surface area contributed by atoms with Gasteiger partial charge in [0.25, 0.3) is 0 Å². The molecule has 2 heteroatoms. The highest BCUT2D eigenvalue weighted by Crippen LogP contribution is 2.55. The van der Waals surface area contributed by atoms with Crippen LogP contribution in [0, 0.1) is 5.41 Å². The maximum atomic E-state index is 2.59. The number of para-hydroxylation sites is 4. The van der Waals surface area contributed by atoms with Crippen molar-refractivity contribution in [3.8, 4) is 44.5 Å². The molecule has 1 aliphatic heterocycles. The Hall–Kier alpha value is -5.86. The van der Waals surface area contributed by atoms with Crippen LogP contribution in [0.1, 0.15) is 20.8 Å². The van der Waals surface area contributed by atoms with E-state index in [0.29, 0.717) is 0 Å². The maximum absolute atomic E-state index is 2.59. The van der Waals surface area contributed by atoms with E-state index >= 15 is 0 Å². The van der Waals surface area contributed by atoms with E-state index in [0.717, 1.165) is 0 Å². The van der Waals surface area contributed by atoms with Crippen LogP contribution in [0.3, 0.4) is 0 Å². The van der Waals surface area contributed by atoms with Gasteiger partial charge < -0.3 is 9.80 Å². The summed E-state index contributed by atoms with van der Waals surface area (Å²) in [4.78, 5) is 5.18. The molecule has 1 aliphatic rings. The van der Waals surface area contributed by atoms with Crippen LogP contribution in [-0.4, -0.2) is 6.17 Å². The Bertz CT molecular complexity index is 2080. The van der Waals surface area contributed by atoms with E-state index in [9.17, 15) is 0 Å². The lowest BCUT2D eigenvalue weighted by Gasteiger charge is -2.43. The lowest BCUT2D eigenvalue weighted by atomic mass is 9.88. The molecule has 0 spiro atoms. The highest BCUT2D eigenvalue weighted by atomic mass is 15.4. The first-order valence-corrected chi connectivity index (χ1v) is 17.2. The van der Waals surface area contributed by atoms with Crippen molar-refractivity contribution in [3.63, 3.8) is 0 Å². The van der Waals surface area contributed by atoms with Gasteiger partial charge in [-0.2, -0.15) is 0 Å². The topological polar surface area (TPSA) is 6.48 Å². The number of fused-ring (bicyclic) bond motifs is 1. The molecule has 0 amide bonds. The standard InChI is InChI=1S/C47H40N2/c1-47(2,3)46-48(42-30-16-14-28-40(42)38-26-12-10-24-36(38)34-20-6-4-7-21-34)44-32-18-19-33-45(44)49(46)43-31-17-15-29-41(43)39-27-13-11-25-37(39)35-22-8-5-9-23-35/h4-33,46H,1-3H3. The lowest BCUT2D eigenvalue weighted by Crippen LogP contribution is -2.48. The van der Waals surface area contributed by atoms with Crippen LogP contribution in [-0.2, 0) is 0 Å². The molecule has 7 aromatic carbocycles. The van der Waals surface area contributed by atoms with E-state index in [1.165, 1.54) is 67.3 Å². The molecule has 7 aromatic rings. The van der Waals surface area contributed by atoms with Crippen LogP contribution in [0.4, 0.5) is 22.7 Å². The minimum atomic E-state index is -0.142. The molecule has 0 saturated heterocycles. The van der Waals surface area contributed by atoms with Crippen molar-refractivity contribution in [2.45, 2.75) is 26.9 Å². The average Bonchev–Trinajstić information content (AvgIpc) is 3.51. The molecule has 0 aromatic heterocycles. The molecule has 0 bridgehead atoms. The summed E-state index contributed by atoms with van der Waals surface area (Å²) in [5.41, 5.74) is 14.5. The lowest BCUT2D eigenvalue weighted by molar-refractivity contribution is 0.330. The fourth-order valence-electron chi connectivity index (χ4n) is 7.55. The van der Waals surface area contributed by atoms with Gasteiger partial charge >= 0.3 is 0 Å². The molecule has 0 aliphatic carbocycles. The summed E-state index contributed by atoms with van der Waals surface area (Å²) in [6.07, 6.45) is -0.0139. The number of rotatable bonds is 6. The number of benzene rings is 7. The van der Waals surface area contributed by atoms with Crippen LogP contribution in [0.25, 0.3) is 44.5 Å². The van der Waals surface area contributed by atoms with Gasteiger partial charge in [-0.05, 0) is 57.6 Å². The van der Waals surface area contributed by atoms with E-state index in [-0.39, 0.29) is 11.6 Å². The molecule has 0 fully saturated rings. The van der Waals surface area contributed by atoms with Gasteiger partial charge in [-0.1, -0.05) is 178 Å². The zero-order chi connectivity index (χ0) is 33.4. The number of nitrogens with zero attached hydrogens (tertiary/aromatic N) is 2. The highest BCUT2D eigenvalue weighted by molar-refractivity contribution is 5.99. The fraction of sp³-hybridized carbons (Fsp3) is 0.106. The van der Waals surface area contributed by atoms with E-state index in [4.69, 9.17) is 0 Å². The summed E-state index contributed by atoms with van der Waals surface area (Å²) in [6.45, 7) is 7.10. The normalized spacial score (nSPS) is 13.0. The first kappa shape index (κ1) is 30.5. The summed E-state index contributed by atoms with van der Waals surface area (Å²) < 4.78 is 0. The van der Waals surface area contributed by atoms with Crippen molar-refractivity contribution in [2.75, 3.05) is 9.80 Å². The van der Waals surface area contributed by atoms with Gasteiger partial charge in [-0.3, -0.25) is 0 Å². The van der Waals surface area contributed by atoms with Gasteiger partial charge in [0, 0.05) is 16.5 Å². The van der Waals surface area contributed by atoms with Crippen molar-refractivity contribution in [1.82, 2.24) is 0 Å². The third-order valence-corrected chi connectivity index (χ3v) is 9.60. The van der Waals surface area contributed by atoms with Crippen LogP contribution < -0.4 is 9.80 Å². The molecule has 0 unspecified atom stereocenters. The third-order valence-electron chi connectivity index (χ3n) is 9.60. The van der Waals surface area contributed by atoms with Gasteiger partial charge in [0.2, 0.25) is 0 Å². The van der Waals surface area contributed by atoms with Gasteiger partial charge in [0.1, 0.15) is 6.17 Å². The minimum absolute atomic E-state index is 0.0139. The molecule has 0 atom stereocenters. The maximum Gasteiger partial charge on any atom is 0.116 e. The molecule has 1 heterocycles. The van der Waals surface area contributed by atoms with Gasteiger partial charge in [-0.15, -0.1) is 0 Å². The molecule has 8 rings (SSSR count). The predicted molar refractivity (Wildman–Crippen MR) is 209 cm³/mol. The minimum Gasteiger partial charge on any atom is -0.317 e. The Kier molecular flexibility index (Phi) is 7.86. The molecular formula is C47H40N2. The van der Waals surface area contributed by atoms with Crippen molar-refractivity contribution >= 4 is 22.7 Å². The highest BCUT2D eigenvalue weighted by Gasteiger charge is 2.45. The molecule has 0 radical (unpaired) electrons. The number of hydrogen-bond acceptors (Lipinski definition) is 2. The average molecular weight is 633 g/mol. The second-order valence-electron chi connectivity index (χ2n) is 13.8. The quantitative estimate of drug-likeness (QED) is 0.180. The molecule has 49 heavy (non-hydrogen) atoms. The third kappa shape index (κ3) is 5.50. The summed E-state index contributed by atoms with van der Waals surface area (Å²) in [7, 11) is 0. The SMILES string of the molecule is CC(C)(C)C1N(c2ccccc2-c2ccccc2-c2ccccc2)c2ccccc2N1c1ccccc1-c1ccccc1-c1ccccc1. The van der Waals surface area contributed by atoms with E-state index < -0.39 is 0 Å². The predicted octanol–water partition coefficient (Wildman–Crippen LogP) is 13.0. The number of hydrogen-bond donors (Lipinski definition) is 0. The second-order valence-corrected chi connectivity index (χ2v) is 13.8. The molecular weight excluding hydrogens is 593 g/mol. The first-order chi connectivity index (χ1) is 24.0. The summed E-state index contributed by atoms with van der Waals surface area (Å²) in [6, 6.07) is 65.9. The Morgan fingerprint density at radius 2 is 0.592 bits per heavy atom. The Balaban J connectivity index is 1.34. The fourth-order valence-corrected chi connectivity index (χ4v) is 7.55. The van der Waals surface area contributed by atoms with Gasteiger partial charge in [0.05, 0.1) is 22.7 Å². The van der Waals surface area contributed by atoms with E-state index in [2.05, 4.69) is 213 Å². The molecule has 0 saturated carbocycles. The molecule has 0 N–H and O–H groups in total. The Labute approximate surface area is 290 Å². The monoisotopic (exact) mass is 632 g/mol. The van der Waals surface area contributed by atoms with Crippen molar-refractivity contribution in [2.24, 2.45) is 5.41 Å². The smallest absolute Gasteiger partial charge is 0.116 e. The van der Waals surface area contributed by atoms with Crippen LogP contribution in [0.5, 0.6) is 0 Å². The van der Waals surface area contributed by atoms with Crippen molar-refractivity contribution in [3.05, 3.63) is 182 Å². The van der Waals surface area contributed by atoms with Crippen molar-refractivity contribution in [1.29, 1.82) is 0 Å². The van der Waals surface area contributed by atoms with E-state index in [1.807, 2.05) is 0 Å². The summed E-state index contributed by atoms with van der Waals surface area (Å²) >= 11 is 0.